The van der Waals surface area contributed by atoms with Crippen molar-refractivity contribution in [2.24, 2.45) is 0 Å². The van der Waals surface area contributed by atoms with Crippen molar-refractivity contribution in [3.63, 3.8) is 0 Å². The standard InChI is InChI=1S/C32H31IO5/c1-35-27-16-10-24(11-17-27)32(23-6-4-3-5-7-23,25-12-18-28(36-2)19-13-25)37-21-31-29(34)20-30(38-31)22-8-14-26(33)15-9-22/h3-19,29-31,34H,20-21H2,1-2H3/t29-,30+,31+/m0/s1. The molecule has 0 aliphatic carbocycles. The van der Waals surface area contributed by atoms with Crippen LogP contribution in [0.2, 0.25) is 0 Å². The first-order valence-electron chi connectivity index (χ1n) is 12.6. The van der Waals surface area contributed by atoms with Crippen LogP contribution in [-0.4, -0.2) is 38.1 Å². The number of ether oxygens (including phenoxy) is 4. The number of aliphatic hydroxyl groups is 1. The highest BCUT2D eigenvalue weighted by Crippen LogP contribution is 2.43. The number of rotatable bonds is 9. The maximum absolute atomic E-state index is 11.0. The summed E-state index contributed by atoms with van der Waals surface area (Å²) in [6.07, 6.45) is -0.764. The molecule has 0 bridgehead atoms. The lowest BCUT2D eigenvalue weighted by atomic mass is 9.80. The van der Waals surface area contributed by atoms with Crippen LogP contribution in [0.25, 0.3) is 0 Å². The summed E-state index contributed by atoms with van der Waals surface area (Å²) in [6.45, 7) is 0.203. The van der Waals surface area contributed by atoms with E-state index >= 15 is 0 Å². The van der Waals surface area contributed by atoms with Crippen molar-refractivity contribution in [3.8, 4) is 11.5 Å². The van der Waals surface area contributed by atoms with E-state index < -0.39 is 17.8 Å². The van der Waals surface area contributed by atoms with Crippen molar-refractivity contribution in [2.45, 2.75) is 30.3 Å². The van der Waals surface area contributed by atoms with Crippen LogP contribution in [-0.2, 0) is 15.1 Å². The van der Waals surface area contributed by atoms with Gasteiger partial charge in [-0.2, -0.15) is 0 Å². The van der Waals surface area contributed by atoms with Gasteiger partial charge in [0.1, 0.15) is 23.2 Å². The summed E-state index contributed by atoms with van der Waals surface area (Å²) >= 11 is 2.29. The van der Waals surface area contributed by atoms with Gasteiger partial charge in [0.05, 0.1) is 33.0 Å². The van der Waals surface area contributed by atoms with E-state index in [1.54, 1.807) is 14.2 Å². The first kappa shape index (κ1) is 26.7. The second-order valence-electron chi connectivity index (χ2n) is 9.33. The SMILES string of the molecule is COc1ccc(C(OC[C@H]2O[C@@H](c3ccc(I)cc3)C[C@@H]2O)(c2ccccc2)c2ccc(OC)cc2)cc1. The second kappa shape index (κ2) is 11.9. The molecule has 0 saturated carbocycles. The van der Waals surface area contributed by atoms with E-state index in [9.17, 15) is 5.11 Å². The molecule has 1 aliphatic rings. The lowest BCUT2D eigenvalue weighted by Gasteiger charge is -2.37. The van der Waals surface area contributed by atoms with Crippen molar-refractivity contribution in [2.75, 3.05) is 20.8 Å². The van der Waals surface area contributed by atoms with Crippen LogP contribution >= 0.6 is 22.6 Å². The molecule has 0 radical (unpaired) electrons. The number of aliphatic hydroxyl groups excluding tert-OH is 1. The number of benzene rings is 4. The molecule has 3 atom stereocenters. The lowest BCUT2D eigenvalue weighted by Crippen LogP contribution is -2.38. The van der Waals surface area contributed by atoms with Gasteiger partial charge in [0, 0.05) is 9.99 Å². The van der Waals surface area contributed by atoms with E-state index in [0.29, 0.717) is 6.42 Å². The minimum absolute atomic E-state index is 0.177. The van der Waals surface area contributed by atoms with Crippen LogP contribution in [0.5, 0.6) is 11.5 Å². The van der Waals surface area contributed by atoms with Gasteiger partial charge in [0.25, 0.3) is 0 Å². The van der Waals surface area contributed by atoms with Gasteiger partial charge in [0.2, 0.25) is 0 Å². The number of methoxy groups -OCH3 is 2. The average Bonchev–Trinajstić information content (AvgIpc) is 3.35. The number of hydrogen-bond donors (Lipinski definition) is 1. The minimum Gasteiger partial charge on any atom is -0.497 e. The molecule has 0 spiro atoms. The van der Waals surface area contributed by atoms with Gasteiger partial charge in [-0.3, -0.25) is 0 Å². The van der Waals surface area contributed by atoms with Crippen LogP contribution < -0.4 is 9.47 Å². The number of halogens is 1. The molecule has 196 valence electrons. The van der Waals surface area contributed by atoms with E-state index in [1.165, 1.54) is 0 Å². The van der Waals surface area contributed by atoms with Gasteiger partial charge in [-0.25, -0.2) is 0 Å². The molecule has 0 amide bonds. The topological polar surface area (TPSA) is 57.2 Å². The molecule has 5 rings (SSSR count). The molecular formula is C32H31IO5. The summed E-state index contributed by atoms with van der Waals surface area (Å²) in [6, 6.07) is 34.2. The predicted molar refractivity (Wildman–Crippen MR) is 156 cm³/mol. The molecule has 1 N–H and O–H groups in total. The van der Waals surface area contributed by atoms with Gasteiger partial charge >= 0.3 is 0 Å². The highest BCUT2D eigenvalue weighted by atomic mass is 127. The Morgan fingerprint density at radius 3 is 1.82 bits per heavy atom. The quantitative estimate of drug-likeness (QED) is 0.171. The van der Waals surface area contributed by atoms with E-state index in [4.69, 9.17) is 18.9 Å². The Morgan fingerprint density at radius 1 is 0.763 bits per heavy atom. The molecule has 1 aliphatic heterocycles. The van der Waals surface area contributed by atoms with Crippen molar-refractivity contribution < 1.29 is 24.1 Å². The van der Waals surface area contributed by atoms with Crippen molar-refractivity contribution in [1.82, 2.24) is 0 Å². The Bertz CT molecular complexity index is 1260. The molecule has 1 heterocycles. The fraction of sp³-hybridized carbons (Fsp3) is 0.250. The first-order chi connectivity index (χ1) is 18.5. The Balaban J connectivity index is 1.53. The molecule has 38 heavy (non-hydrogen) atoms. The van der Waals surface area contributed by atoms with Crippen LogP contribution in [0.3, 0.4) is 0 Å². The van der Waals surface area contributed by atoms with Gasteiger partial charge in [-0.15, -0.1) is 0 Å². The van der Waals surface area contributed by atoms with Crippen LogP contribution in [0, 0.1) is 3.57 Å². The highest BCUT2D eigenvalue weighted by molar-refractivity contribution is 14.1. The largest absolute Gasteiger partial charge is 0.497 e. The second-order valence-corrected chi connectivity index (χ2v) is 10.6. The van der Waals surface area contributed by atoms with Gasteiger partial charge in [-0.1, -0.05) is 66.7 Å². The molecular weight excluding hydrogens is 591 g/mol. The van der Waals surface area contributed by atoms with E-state index in [0.717, 1.165) is 37.3 Å². The van der Waals surface area contributed by atoms with E-state index in [-0.39, 0.29) is 12.7 Å². The summed E-state index contributed by atoms with van der Waals surface area (Å²) in [5.41, 5.74) is 2.96. The molecule has 6 heteroatoms. The van der Waals surface area contributed by atoms with Gasteiger partial charge in [0.15, 0.2) is 0 Å². The third-order valence-electron chi connectivity index (χ3n) is 7.10. The van der Waals surface area contributed by atoms with E-state index in [1.807, 2.05) is 66.7 Å². The zero-order valence-electron chi connectivity index (χ0n) is 21.4. The first-order valence-corrected chi connectivity index (χ1v) is 13.7. The van der Waals surface area contributed by atoms with Gasteiger partial charge < -0.3 is 24.1 Å². The molecule has 4 aromatic carbocycles. The molecule has 0 unspecified atom stereocenters. The zero-order valence-corrected chi connectivity index (χ0v) is 23.6. The van der Waals surface area contributed by atoms with E-state index in [2.05, 4.69) is 59.0 Å². The zero-order chi connectivity index (χ0) is 26.5. The third kappa shape index (κ3) is 5.45. The number of hydrogen-bond acceptors (Lipinski definition) is 5. The van der Waals surface area contributed by atoms with Crippen LogP contribution in [0.15, 0.2) is 103 Å². The predicted octanol–water partition coefficient (Wildman–Crippen LogP) is 6.51. The van der Waals surface area contributed by atoms with Crippen molar-refractivity contribution >= 4 is 22.6 Å². The maximum Gasteiger partial charge on any atom is 0.143 e. The fourth-order valence-electron chi connectivity index (χ4n) is 5.05. The molecule has 1 fully saturated rings. The maximum atomic E-state index is 11.0. The summed E-state index contributed by atoms with van der Waals surface area (Å²) < 4.78 is 25.3. The summed E-state index contributed by atoms with van der Waals surface area (Å²) in [5, 5.41) is 11.0. The molecule has 1 saturated heterocycles. The van der Waals surface area contributed by atoms with Crippen LogP contribution in [0.4, 0.5) is 0 Å². The lowest BCUT2D eigenvalue weighted by molar-refractivity contribution is -0.0828. The fourth-order valence-corrected chi connectivity index (χ4v) is 5.41. The van der Waals surface area contributed by atoms with Crippen molar-refractivity contribution in [1.29, 1.82) is 0 Å². The Hall–Kier alpha value is -2.91. The molecule has 4 aromatic rings. The Kier molecular flexibility index (Phi) is 8.33. The highest BCUT2D eigenvalue weighted by Gasteiger charge is 2.41. The monoisotopic (exact) mass is 622 g/mol. The third-order valence-corrected chi connectivity index (χ3v) is 7.82. The minimum atomic E-state index is -0.955. The average molecular weight is 622 g/mol. The molecule has 5 nitrogen and oxygen atoms in total. The Labute approximate surface area is 237 Å². The summed E-state index contributed by atoms with van der Waals surface area (Å²) in [5.74, 6) is 1.53. The Morgan fingerprint density at radius 2 is 1.29 bits per heavy atom. The van der Waals surface area contributed by atoms with Crippen LogP contribution in [0.1, 0.15) is 34.8 Å². The summed E-state index contributed by atoms with van der Waals surface area (Å²) in [4.78, 5) is 0. The van der Waals surface area contributed by atoms with Crippen molar-refractivity contribution in [3.05, 3.63) is 129 Å². The molecule has 0 aromatic heterocycles. The van der Waals surface area contributed by atoms with Gasteiger partial charge in [-0.05, 0) is 81.2 Å². The summed E-state index contributed by atoms with van der Waals surface area (Å²) in [7, 11) is 3.31. The smallest absolute Gasteiger partial charge is 0.143 e. The normalized spacial score (nSPS) is 19.3.